The monoisotopic (exact) mass is 685 g/mol. The molecular weight excluding hydrogens is 642 g/mol. The second-order valence-electron chi connectivity index (χ2n) is 13.4. The number of anilines is 1. The van der Waals surface area contributed by atoms with Crippen LogP contribution in [0.25, 0.3) is 0 Å². The van der Waals surface area contributed by atoms with Crippen LogP contribution in [0.15, 0.2) is 78.9 Å². The van der Waals surface area contributed by atoms with Gasteiger partial charge in [-0.25, -0.2) is 9.69 Å². The molecule has 7 rings (SSSR count). The molecule has 4 aliphatic heterocycles. The number of aliphatic hydroxyl groups excluding tert-OH is 1. The number of carbonyl (C=O) groups excluding carboxylic acids is 3. The second kappa shape index (κ2) is 15.0. The Kier molecular flexibility index (Phi) is 10.3. The van der Waals surface area contributed by atoms with Crippen molar-refractivity contribution < 1.29 is 43.2 Å². The summed E-state index contributed by atoms with van der Waals surface area (Å²) in [6.45, 7) is 5.69. The third-order valence-corrected chi connectivity index (χ3v) is 10.0. The molecule has 0 bridgehead atoms. The zero-order chi connectivity index (χ0) is 34.7. The van der Waals surface area contributed by atoms with Gasteiger partial charge in [0.2, 0.25) is 5.91 Å². The SMILES string of the molecule is CC1C(CN2CCC3(CC2)OCCO3)OC(c2cccc(N3C(=O)CC(NC(=O)OCc4ccccc4)C3=O)c2)OC1c1ccc(CO)cc1. The average Bonchev–Trinajstić information content (AvgIpc) is 3.72. The molecule has 0 aliphatic carbocycles. The Hall–Kier alpha value is -4.17. The lowest BCUT2D eigenvalue weighted by atomic mass is 9.89. The highest BCUT2D eigenvalue weighted by atomic mass is 16.7. The van der Waals surface area contributed by atoms with Crippen molar-refractivity contribution in [3.05, 3.63) is 101 Å². The summed E-state index contributed by atoms with van der Waals surface area (Å²) in [6.07, 6.45) is -0.681. The van der Waals surface area contributed by atoms with E-state index >= 15 is 0 Å². The van der Waals surface area contributed by atoms with Crippen LogP contribution in [0.1, 0.15) is 60.8 Å². The molecule has 0 radical (unpaired) electrons. The van der Waals surface area contributed by atoms with Gasteiger partial charge < -0.3 is 39.0 Å². The molecule has 3 aromatic rings. The highest BCUT2D eigenvalue weighted by molar-refractivity contribution is 6.22. The van der Waals surface area contributed by atoms with Crippen molar-refractivity contribution in [3.8, 4) is 0 Å². The number of alkyl carbamates (subject to hydrolysis) is 1. The molecule has 4 fully saturated rings. The van der Waals surface area contributed by atoms with Crippen molar-refractivity contribution >= 4 is 23.6 Å². The number of piperidine rings is 1. The molecule has 0 aromatic heterocycles. The summed E-state index contributed by atoms with van der Waals surface area (Å²) in [5, 5.41) is 12.2. The van der Waals surface area contributed by atoms with Crippen molar-refractivity contribution in [3.63, 3.8) is 0 Å². The van der Waals surface area contributed by atoms with E-state index in [-0.39, 0.29) is 37.8 Å². The number of imide groups is 1. The third-order valence-electron chi connectivity index (χ3n) is 10.0. The summed E-state index contributed by atoms with van der Waals surface area (Å²) >= 11 is 0. The summed E-state index contributed by atoms with van der Waals surface area (Å²) < 4.78 is 30.5. The van der Waals surface area contributed by atoms with Crippen LogP contribution >= 0.6 is 0 Å². The fraction of sp³-hybridized carbons (Fsp3) is 0.447. The lowest BCUT2D eigenvalue weighted by molar-refractivity contribution is -0.278. The maximum Gasteiger partial charge on any atom is 0.408 e. The minimum Gasteiger partial charge on any atom is -0.445 e. The largest absolute Gasteiger partial charge is 0.445 e. The van der Waals surface area contributed by atoms with Gasteiger partial charge in [-0.05, 0) is 28.8 Å². The zero-order valence-corrected chi connectivity index (χ0v) is 28.1. The first-order valence-corrected chi connectivity index (χ1v) is 17.3. The highest BCUT2D eigenvalue weighted by Crippen LogP contribution is 2.43. The first kappa shape index (κ1) is 34.3. The van der Waals surface area contributed by atoms with Crippen LogP contribution in [0.4, 0.5) is 10.5 Å². The maximum absolute atomic E-state index is 13.4. The van der Waals surface area contributed by atoms with Crippen molar-refractivity contribution in [1.29, 1.82) is 0 Å². The lowest BCUT2D eigenvalue weighted by Crippen LogP contribution is -2.50. The number of nitrogens with one attached hydrogen (secondary N) is 1. The molecule has 4 saturated heterocycles. The van der Waals surface area contributed by atoms with Crippen molar-refractivity contribution in [2.45, 2.75) is 69.7 Å². The summed E-state index contributed by atoms with van der Waals surface area (Å²) in [4.78, 5) is 42.6. The minimum absolute atomic E-state index is 0.0144. The molecule has 5 atom stereocenters. The van der Waals surface area contributed by atoms with Crippen molar-refractivity contribution in [2.75, 3.05) is 37.7 Å². The Balaban J connectivity index is 1.06. The molecule has 4 heterocycles. The van der Waals surface area contributed by atoms with Crippen LogP contribution in [0.5, 0.6) is 0 Å². The Morgan fingerprint density at radius 3 is 2.38 bits per heavy atom. The number of likely N-dealkylation sites (tertiary alicyclic amines) is 1. The molecule has 3 amide bonds. The van der Waals surface area contributed by atoms with Gasteiger partial charge in [0.25, 0.3) is 5.91 Å². The summed E-state index contributed by atoms with van der Waals surface area (Å²) in [5.41, 5.74) is 3.60. The summed E-state index contributed by atoms with van der Waals surface area (Å²) in [7, 11) is 0. The molecule has 12 heteroatoms. The number of ether oxygens (including phenoxy) is 5. The van der Waals surface area contributed by atoms with Crippen LogP contribution in [0, 0.1) is 5.92 Å². The molecule has 2 N–H and O–H groups in total. The number of amides is 3. The van der Waals surface area contributed by atoms with E-state index in [0.29, 0.717) is 31.0 Å². The molecule has 264 valence electrons. The van der Waals surface area contributed by atoms with Gasteiger partial charge in [-0.15, -0.1) is 0 Å². The highest BCUT2D eigenvalue weighted by Gasteiger charge is 2.44. The van der Waals surface area contributed by atoms with Crippen LogP contribution in [0.3, 0.4) is 0 Å². The molecule has 50 heavy (non-hydrogen) atoms. The number of hydrogen-bond donors (Lipinski definition) is 2. The average molecular weight is 686 g/mol. The van der Waals surface area contributed by atoms with Crippen LogP contribution in [0.2, 0.25) is 0 Å². The zero-order valence-electron chi connectivity index (χ0n) is 28.1. The predicted octanol–water partition coefficient (Wildman–Crippen LogP) is 4.37. The van der Waals surface area contributed by atoms with E-state index < -0.39 is 36.0 Å². The van der Waals surface area contributed by atoms with Crippen LogP contribution in [-0.4, -0.2) is 78.7 Å². The quantitative estimate of drug-likeness (QED) is 0.313. The first-order chi connectivity index (χ1) is 24.3. The summed E-state index contributed by atoms with van der Waals surface area (Å²) in [6, 6.07) is 22.9. The molecule has 1 spiro atoms. The van der Waals surface area contributed by atoms with Gasteiger partial charge >= 0.3 is 6.09 Å². The van der Waals surface area contributed by atoms with Crippen LogP contribution < -0.4 is 10.2 Å². The predicted molar refractivity (Wildman–Crippen MR) is 180 cm³/mol. The normalized spacial score (nSPS) is 26.8. The molecule has 3 aromatic carbocycles. The third kappa shape index (κ3) is 7.46. The fourth-order valence-corrected chi connectivity index (χ4v) is 7.18. The van der Waals surface area contributed by atoms with Gasteiger partial charge in [0.15, 0.2) is 12.1 Å². The van der Waals surface area contributed by atoms with Gasteiger partial charge in [0.05, 0.1) is 44.1 Å². The van der Waals surface area contributed by atoms with Gasteiger partial charge in [0, 0.05) is 44.0 Å². The Morgan fingerprint density at radius 1 is 0.920 bits per heavy atom. The number of carbonyl (C=O) groups is 3. The number of aliphatic hydroxyl groups is 1. The topological polar surface area (TPSA) is 136 Å². The van der Waals surface area contributed by atoms with E-state index in [2.05, 4.69) is 17.1 Å². The van der Waals surface area contributed by atoms with E-state index in [9.17, 15) is 19.5 Å². The molecule has 0 saturated carbocycles. The number of nitrogens with zero attached hydrogens (tertiary/aromatic N) is 2. The fourth-order valence-electron chi connectivity index (χ4n) is 7.18. The van der Waals surface area contributed by atoms with E-state index in [4.69, 9.17) is 23.7 Å². The number of hydrogen-bond acceptors (Lipinski definition) is 10. The van der Waals surface area contributed by atoms with Gasteiger partial charge in [-0.3, -0.25) is 9.59 Å². The first-order valence-electron chi connectivity index (χ1n) is 17.3. The standard InChI is InChI=1S/C38H43N3O9/c1-25-32(22-40-16-14-38(15-17-40)47-18-19-48-38)49-36(50-34(25)28-12-10-26(23-42)11-13-28)29-8-5-9-30(20-29)41-33(43)21-31(35(41)44)39-37(45)46-24-27-6-3-2-4-7-27/h2-13,20,25,31-32,34,36,42H,14-19,21-24H2,1H3,(H,39,45). The molecule has 4 aliphatic rings. The Bertz CT molecular complexity index is 1650. The second-order valence-corrected chi connectivity index (χ2v) is 13.4. The Morgan fingerprint density at radius 2 is 1.66 bits per heavy atom. The lowest BCUT2D eigenvalue weighted by Gasteiger charge is -2.44. The van der Waals surface area contributed by atoms with Gasteiger partial charge in [-0.2, -0.15) is 0 Å². The molecule has 5 unspecified atom stereocenters. The van der Waals surface area contributed by atoms with Gasteiger partial charge in [0.1, 0.15) is 12.6 Å². The van der Waals surface area contributed by atoms with E-state index in [1.807, 2.05) is 60.7 Å². The van der Waals surface area contributed by atoms with E-state index in [0.717, 1.165) is 47.5 Å². The smallest absolute Gasteiger partial charge is 0.408 e. The summed E-state index contributed by atoms with van der Waals surface area (Å²) in [5.74, 6) is -1.46. The molecule has 12 nitrogen and oxygen atoms in total. The van der Waals surface area contributed by atoms with Crippen molar-refractivity contribution in [2.24, 2.45) is 5.92 Å². The maximum atomic E-state index is 13.4. The number of benzene rings is 3. The van der Waals surface area contributed by atoms with E-state index in [1.54, 1.807) is 18.2 Å². The van der Waals surface area contributed by atoms with Crippen LogP contribution in [-0.2, 0) is 46.5 Å². The molecular formula is C38H43N3O9. The Labute approximate surface area is 291 Å². The minimum atomic E-state index is -1.04. The number of rotatable bonds is 9. The van der Waals surface area contributed by atoms with E-state index in [1.165, 1.54) is 0 Å². The van der Waals surface area contributed by atoms with Crippen molar-refractivity contribution in [1.82, 2.24) is 10.2 Å². The van der Waals surface area contributed by atoms with Gasteiger partial charge in [-0.1, -0.05) is 73.7 Å².